The first-order chi connectivity index (χ1) is 9.24. The molecule has 2 rings (SSSR count). The van der Waals surface area contributed by atoms with Gasteiger partial charge in [-0.2, -0.15) is 5.26 Å². The van der Waals surface area contributed by atoms with Crippen molar-refractivity contribution in [2.24, 2.45) is 5.73 Å². The molecule has 1 unspecified atom stereocenters. The maximum Gasteiger partial charge on any atom is 0.0966 e. The van der Waals surface area contributed by atoms with Crippen LogP contribution in [0.4, 0.5) is 0 Å². The molecule has 0 bridgehead atoms. The molecule has 4 nitrogen and oxygen atoms in total. The van der Waals surface area contributed by atoms with E-state index in [-0.39, 0.29) is 5.54 Å². The van der Waals surface area contributed by atoms with Crippen LogP contribution in [-0.2, 0) is 5.54 Å². The summed E-state index contributed by atoms with van der Waals surface area (Å²) in [5, 5.41) is 19.6. The van der Waals surface area contributed by atoms with Crippen LogP contribution >= 0.6 is 11.3 Å². The third kappa shape index (κ3) is 2.65. The highest BCUT2D eigenvalue weighted by molar-refractivity contribution is 7.10. The van der Waals surface area contributed by atoms with Gasteiger partial charge in [0.15, 0.2) is 0 Å². The summed E-state index contributed by atoms with van der Waals surface area (Å²) in [6.07, 6.45) is 4.24. The molecule has 0 aliphatic carbocycles. The number of amidine groups is 1. The summed E-state index contributed by atoms with van der Waals surface area (Å²) in [6.45, 7) is 1.17. The maximum absolute atomic E-state index is 9.27. The van der Waals surface area contributed by atoms with Crippen LogP contribution in [0, 0.1) is 16.7 Å². The van der Waals surface area contributed by atoms with E-state index in [9.17, 15) is 5.26 Å². The molecule has 1 aliphatic rings. The molecule has 19 heavy (non-hydrogen) atoms. The van der Waals surface area contributed by atoms with E-state index >= 15 is 0 Å². The number of likely N-dealkylation sites (tertiary alicyclic amines) is 1. The first kappa shape index (κ1) is 14.0. The van der Waals surface area contributed by atoms with Crippen molar-refractivity contribution >= 4 is 17.2 Å². The minimum atomic E-state index is -0.337. The highest BCUT2D eigenvalue weighted by atomic mass is 32.1. The minimum absolute atomic E-state index is 0.337. The molecule has 1 aromatic rings. The van der Waals surface area contributed by atoms with Crippen LogP contribution < -0.4 is 5.73 Å². The number of rotatable bonds is 4. The van der Waals surface area contributed by atoms with E-state index in [1.807, 2.05) is 11.4 Å². The largest absolute Gasteiger partial charge is 0.348 e. The number of hydrogen-bond donors (Lipinski definition) is 2. The molecule has 1 saturated heterocycles. The lowest BCUT2D eigenvalue weighted by Crippen LogP contribution is -2.49. The zero-order valence-electron chi connectivity index (χ0n) is 11.1. The third-order valence-corrected chi connectivity index (χ3v) is 4.86. The Hall–Kier alpha value is -1.38. The van der Waals surface area contributed by atoms with Crippen LogP contribution in [0.1, 0.15) is 37.0 Å². The second kappa shape index (κ2) is 6.18. The average molecular weight is 276 g/mol. The highest BCUT2D eigenvalue weighted by Crippen LogP contribution is 2.41. The van der Waals surface area contributed by atoms with Gasteiger partial charge in [-0.05, 0) is 24.3 Å². The standard InChI is InChI=1S/C14H20N4S/c15-8-7-14(12-4-3-11-19-12)6-2-1-5-13(17)18(14)10-9-16/h3-4,11,17H,1-2,5-7,9-10,16H2. The fraction of sp³-hybridized carbons (Fsp3) is 0.571. The van der Waals surface area contributed by atoms with Gasteiger partial charge in [0.1, 0.15) is 0 Å². The molecule has 2 heterocycles. The highest BCUT2D eigenvalue weighted by Gasteiger charge is 2.41. The minimum Gasteiger partial charge on any atom is -0.348 e. The van der Waals surface area contributed by atoms with Crippen LogP contribution in [0.25, 0.3) is 0 Å². The van der Waals surface area contributed by atoms with Crippen LogP contribution in [-0.4, -0.2) is 23.8 Å². The predicted octanol–water partition coefficient (Wildman–Crippen LogP) is 2.67. The molecule has 1 aromatic heterocycles. The van der Waals surface area contributed by atoms with Gasteiger partial charge in [-0.15, -0.1) is 11.3 Å². The van der Waals surface area contributed by atoms with Crippen molar-refractivity contribution in [3.05, 3.63) is 22.4 Å². The normalized spacial score (nSPS) is 24.0. The average Bonchev–Trinajstić information content (AvgIpc) is 2.89. The van der Waals surface area contributed by atoms with Gasteiger partial charge >= 0.3 is 0 Å². The number of nitrogens with zero attached hydrogens (tertiary/aromatic N) is 2. The Morgan fingerprint density at radius 2 is 2.37 bits per heavy atom. The molecule has 0 radical (unpaired) electrons. The predicted molar refractivity (Wildman–Crippen MR) is 78.2 cm³/mol. The van der Waals surface area contributed by atoms with Gasteiger partial charge in [0.05, 0.1) is 23.9 Å². The molecule has 1 aliphatic heterocycles. The number of nitrogens with one attached hydrogen (secondary N) is 1. The zero-order valence-corrected chi connectivity index (χ0v) is 11.9. The SMILES string of the molecule is N#CCC1(c2cccs2)CCCCC(=N)N1CCN. The van der Waals surface area contributed by atoms with E-state index in [2.05, 4.69) is 17.0 Å². The summed E-state index contributed by atoms with van der Waals surface area (Å²) in [5.74, 6) is 0.631. The molecule has 0 amide bonds. The molecule has 0 aromatic carbocycles. The zero-order chi connectivity index (χ0) is 13.7. The van der Waals surface area contributed by atoms with Crippen LogP contribution in [0.15, 0.2) is 17.5 Å². The second-order valence-electron chi connectivity index (χ2n) is 4.94. The summed E-state index contributed by atoms with van der Waals surface area (Å²) in [5.41, 5.74) is 5.39. The topological polar surface area (TPSA) is 76.9 Å². The first-order valence-electron chi connectivity index (χ1n) is 6.70. The molecule has 0 saturated carbocycles. The number of nitrogens with two attached hydrogens (primary N) is 1. The van der Waals surface area contributed by atoms with Crippen molar-refractivity contribution in [1.82, 2.24) is 4.90 Å². The van der Waals surface area contributed by atoms with Gasteiger partial charge in [-0.25, -0.2) is 0 Å². The number of hydrogen-bond acceptors (Lipinski definition) is 4. The molecule has 1 atom stereocenters. The monoisotopic (exact) mass is 276 g/mol. The molecular formula is C14H20N4S. The summed E-state index contributed by atoms with van der Waals surface area (Å²) in [6, 6.07) is 6.44. The fourth-order valence-electron chi connectivity index (χ4n) is 2.92. The Bertz CT molecular complexity index is 462. The number of nitriles is 1. The second-order valence-corrected chi connectivity index (χ2v) is 5.89. The fourth-order valence-corrected chi connectivity index (χ4v) is 3.88. The van der Waals surface area contributed by atoms with Gasteiger partial charge in [0, 0.05) is 24.4 Å². The lowest BCUT2D eigenvalue weighted by molar-refractivity contribution is 0.171. The van der Waals surface area contributed by atoms with Crippen LogP contribution in [0.5, 0.6) is 0 Å². The Morgan fingerprint density at radius 3 is 3.00 bits per heavy atom. The molecule has 0 spiro atoms. The summed E-state index contributed by atoms with van der Waals surface area (Å²) in [4.78, 5) is 3.27. The third-order valence-electron chi connectivity index (χ3n) is 3.80. The van der Waals surface area contributed by atoms with Gasteiger partial charge in [-0.3, -0.25) is 5.41 Å². The molecular weight excluding hydrogens is 256 g/mol. The van der Waals surface area contributed by atoms with E-state index in [1.54, 1.807) is 11.3 Å². The van der Waals surface area contributed by atoms with Crippen molar-refractivity contribution in [3.63, 3.8) is 0 Å². The van der Waals surface area contributed by atoms with Crippen molar-refractivity contribution in [3.8, 4) is 6.07 Å². The quantitative estimate of drug-likeness (QED) is 0.887. The van der Waals surface area contributed by atoms with Crippen molar-refractivity contribution in [1.29, 1.82) is 10.7 Å². The maximum atomic E-state index is 9.27. The van der Waals surface area contributed by atoms with Gasteiger partial charge < -0.3 is 10.6 Å². The van der Waals surface area contributed by atoms with E-state index < -0.39 is 0 Å². The summed E-state index contributed by atoms with van der Waals surface area (Å²) >= 11 is 1.68. The van der Waals surface area contributed by atoms with Crippen molar-refractivity contribution in [2.75, 3.05) is 13.1 Å². The smallest absolute Gasteiger partial charge is 0.0966 e. The molecule has 1 fully saturated rings. The Labute approximate surface area is 118 Å². The Morgan fingerprint density at radius 1 is 1.53 bits per heavy atom. The Kier molecular flexibility index (Phi) is 4.56. The lowest BCUT2D eigenvalue weighted by atomic mass is 9.86. The first-order valence-corrected chi connectivity index (χ1v) is 7.58. The Balaban J connectivity index is 2.46. The number of thiophene rings is 1. The molecule has 102 valence electrons. The van der Waals surface area contributed by atoms with Crippen molar-refractivity contribution < 1.29 is 0 Å². The van der Waals surface area contributed by atoms with E-state index in [0.717, 1.165) is 25.7 Å². The van der Waals surface area contributed by atoms with Gasteiger partial charge in [0.2, 0.25) is 0 Å². The van der Waals surface area contributed by atoms with Crippen LogP contribution in [0.2, 0.25) is 0 Å². The van der Waals surface area contributed by atoms with Gasteiger partial charge in [-0.1, -0.05) is 12.5 Å². The van der Waals surface area contributed by atoms with Crippen LogP contribution in [0.3, 0.4) is 0 Å². The van der Waals surface area contributed by atoms with E-state index in [4.69, 9.17) is 11.1 Å². The van der Waals surface area contributed by atoms with Gasteiger partial charge in [0.25, 0.3) is 0 Å². The lowest BCUT2D eigenvalue weighted by Gasteiger charge is -2.42. The van der Waals surface area contributed by atoms with E-state index in [1.165, 1.54) is 4.88 Å². The van der Waals surface area contributed by atoms with E-state index in [0.29, 0.717) is 25.3 Å². The summed E-state index contributed by atoms with van der Waals surface area (Å²) < 4.78 is 0. The molecule has 3 N–H and O–H groups in total. The summed E-state index contributed by atoms with van der Waals surface area (Å²) in [7, 11) is 0. The van der Waals surface area contributed by atoms with Crippen molar-refractivity contribution in [2.45, 2.75) is 37.6 Å². The molecule has 5 heteroatoms.